The predicted octanol–water partition coefficient (Wildman–Crippen LogP) is -0.200. The van der Waals surface area contributed by atoms with E-state index in [-0.39, 0.29) is 23.5 Å². The number of ether oxygens (including phenoxy) is 1. The van der Waals surface area contributed by atoms with Gasteiger partial charge in [0.2, 0.25) is 0 Å². The van der Waals surface area contributed by atoms with Crippen LogP contribution in [0, 0.1) is 11.2 Å². The number of nitrogens with one attached hydrogen (secondary N) is 3. The minimum atomic E-state index is -4.14. The van der Waals surface area contributed by atoms with Crippen LogP contribution in [0.4, 0.5) is 9.18 Å². The molecule has 5 N–H and O–H groups in total. The molecule has 0 heterocycles. The quantitative estimate of drug-likeness (QED) is 0.441. The first-order valence-corrected chi connectivity index (χ1v) is 6.71. The van der Waals surface area contributed by atoms with Crippen LogP contribution in [0.5, 0.6) is 0 Å². The van der Waals surface area contributed by atoms with Crippen molar-refractivity contribution in [2.75, 3.05) is 7.11 Å². The number of methoxy groups -OCH3 is 1. The van der Waals surface area contributed by atoms with E-state index in [4.69, 9.17) is 11.1 Å². The second-order valence-electron chi connectivity index (χ2n) is 3.64. The van der Waals surface area contributed by atoms with Gasteiger partial charge < -0.3 is 10.5 Å². The van der Waals surface area contributed by atoms with Crippen molar-refractivity contribution in [3.05, 3.63) is 35.1 Å². The van der Waals surface area contributed by atoms with Gasteiger partial charge in [-0.25, -0.2) is 13.9 Å². The number of rotatable bonds is 5. The van der Waals surface area contributed by atoms with Crippen molar-refractivity contribution in [2.45, 2.75) is 6.54 Å². The van der Waals surface area contributed by atoms with Gasteiger partial charge in [-0.3, -0.25) is 5.41 Å². The third-order valence-corrected chi connectivity index (χ3v) is 3.18. The van der Waals surface area contributed by atoms with Gasteiger partial charge in [0.05, 0.1) is 7.11 Å². The summed E-state index contributed by atoms with van der Waals surface area (Å²) >= 11 is 0. The van der Waals surface area contributed by atoms with Gasteiger partial charge >= 0.3 is 16.3 Å². The van der Waals surface area contributed by atoms with Crippen molar-refractivity contribution in [2.24, 2.45) is 5.73 Å². The minimum absolute atomic E-state index is 0.0326. The zero-order chi connectivity index (χ0) is 15.3. The number of amides is 1. The van der Waals surface area contributed by atoms with Crippen LogP contribution in [-0.2, 0) is 21.5 Å². The van der Waals surface area contributed by atoms with Crippen molar-refractivity contribution in [1.29, 1.82) is 5.41 Å². The van der Waals surface area contributed by atoms with Crippen LogP contribution in [0.25, 0.3) is 0 Å². The number of benzene rings is 1. The molecule has 0 bridgehead atoms. The summed E-state index contributed by atoms with van der Waals surface area (Å²) in [6.45, 7) is -0.379. The fourth-order valence-corrected chi connectivity index (χ4v) is 1.94. The maximum absolute atomic E-state index is 13.6. The molecule has 0 radical (unpaired) electrons. The molecule has 0 unspecified atom stereocenters. The van der Waals surface area contributed by atoms with E-state index in [0.29, 0.717) is 0 Å². The highest BCUT2D eigenvalue weighted by atomic mass is 32.2. The lowest BCUT2D eigenvalue weighted by molar-refractivity contribution is 0.177. The van der Waals surface area contributed by atoms with E-state index >= 15 is 0 Å². The normalized spacial score (nSPS) is 10.9. The first-order chi connectivity index (χ1) is 9.25. The monoisotopic (exact) mass is 304 g/mol. The van der Waals surface area contributed by atoms with Gasteiger partial charge in [-0.2, -0.15) is 13.1 Å². The van der Waals surface area contributed by atoms with Crippen LogP contribution in [0.2, 0.25) is 0 Å². The highest BCUT2D eigenvalue weighted by molar-refractivity contribution is 7.88. The molecule has 110 valence electrons. The predicted molar refractivity (Wildman–Crippen MR) is 68.7 cm³/mol. The molecule has 1 rings (SSSR count). The Morgan fingerprint density at radius 1 is 1.50 bits per heavy atom. The number of hydrogen-bond donors (Lipinski definition) is 4. The molecular weight excluding hydrogens is 291 g/mol. The van der Waals surface area contributed by atoms with Crippen LogP contribution >= 0.6 is 0 Å². The minimum Gasteiger partial charge on any atom is -0.452 e. The van der Waals surface area contributed by atoms with Crippen molar-refractivity contribution in [1.82, 2.24) is 9.44 Å². The Bertz CT molecular complexity index is 632. The number of carbonyl (C=O) groups is 1. The van der Waals surface area contributed by atoms with E-state index in [1.54, 1.807) is 4.72 Å². The smallest absolute Gasteiger partial charge is 0.421 e. The fourth-order valence-electron chi connectivity index (χ4n) is 1.22. The standard InChI is InChI=1S/C10H13FN4O4S/c1-19-10(16)15-20(17,18)14-5-7-3-2-6(9(12)13)4-8(7)11/h2-4,14H,5H2,1H3,(H3,12,13)(H,15,16). The molecule has 0 atom stereocenters. The molecule has 1 amide bonds. The summed E-state index contributed by atoms with van der Waals surface area (Å²) in [7, 11) is -3.14. The molecule has 0 aliphatic rings. The van der Waals surface area contributed by atoms with E-state index in [9.17, 15) is 17.6 Å². The van der Waals surface area contributed by atoms with Gasteiger partial charge in [0.25, 0.3) is 0 Å². The third kappa shape index (κ3) is 4.48. The van der Waals surface area contributed by atoms with Crippen LogP contribution < -0.4 is 15.2 Å². The average Bonchev–Trinajstić information content (AvgIpc) is 2.36. The summed E-state index contributed by atoms with van der Waals surface area (Å²) in [5, 5.41) is 7.14. The number of nitrogens with two attached hydrogens (primary N) is 1. The second-order valence-corrected chi connectivity index (χ2v) is 5.14. The highest BCUT2D eigenvalue weighted by Crippen LogP contribution is 2.10. The summed E-state index contributed by atoms with van der Waals surface area (Å²) in [4.78, 5) is 10.8. The molecule has 0 spiro atoms. The topological polar surface area (TPSA) is 134 Å². The van der Waals surface area contributed by atoms with Gasteiger partial charge in [0.15, 0.2) is 0 Å². The summed E-state index contributed by atoms with van der Waals surface area (Å²) < 4.78 is 44.0. The molecule has 1 aromatic rings. The summed E-state index contributed by atoms with van der Waals surface area (Å²) in [5.74, 6) is -1.03. The molecule has 8 nitrogen and oxygen atoms in total. The molecule has 0 saturated carbocycles. The molecule has 20 heavy (non-hydrogen) atoms. The van der Waals surface area contributed by atoms with E-state index < -0.39 is 22.1 Å². The van der Waals surface area contributed by atoms with Gasteiger partial charge in [-0.05, 0) is 6.07 Å². The Labute approximate surface area is 114 Å². The van der Waals surface area contributed by atoms with Crippen LogP contribution in [0.15, 0.2) is 18.2 Å². The van der Waals surface area contributed by atoms with Gasteiger partial charge in [-0.1, -0.05) is 12.1 Å². The van der Waals surface area contributed by atoms with Crippen molar-refractivity contribution in [3.8, 4) is 0 Å². The van der Waals surface area contributed by atoms with Gasteiger partial charge in [0.1, 0.15) is 11.7 Å². The Balaban J connectivity index is 2.75. The summed E-state index contributed by atoms with van der Waals surface area (Å²) in [6, 6.07) is 3.68. The van der Waals surface area contributed by atoms with Crippen LogP contribution in [-0.4, -0.2) is 27.5 Å². The Morgan fingerprint density at radius 3 is 2.65 bits per heavy atom. The summed E-state index contributed by atoms with van der Waals surface area (Å²) in [6.07, 6.45) is -1.16. The first kappa shape index (κ1) is 15.9. The molecule has 0 saturated heterocycles. The molecule has 0 aromatic heterocycles. The first-order valence-electron chi connectivity index (χ1n) is 5.23. The van der Waals surface area contributed by atoms with E-state index in [1.807, 2.05) is 4.72 Å². The lowest BCUT2D eigenvalue weighted by atomic mass is 10.1. The Kier molecular flexibility index (Phi) is 5.00. The van der Waals surface area contributed by atoms with Crippen molar-refractivity contribution >= 4 is 22.1 Å². The van der Waals surface area contributed by atoms with Crippen LogP contribution in [0.1, 0.15) is 11.1 Å². The maximum atomic E-state index is 13.6. The lowest BCUT2D eigenvalue weighted by Gasteiger charge is -2.08. The Morgan fingerprint density at radius 2 is 2.15 bits per heavy atom. The fraction of sp³-hybridized carbons (Fsp3) is 0.200. The highest BCUT2D eigenvalue weighted by Gasteiger charge is 2.15. The number of amidine groups is 1. The number of nitrogen functional groups attached to an aromatic ring is 1. The van der Waals surface area contributed by atoms with E-state index in [2.05, 4.69) is 4.74 Å². The van der Waals surface area contributed by atoms with Crippen LogP contribution in [0.3, 0.4) is 0 Å². The van der Waals surface area contributed by atoms with E-state index in [1.165, 1.54) is 12.1 Å². The lowest BCUT2D eigenvalue weighted by Crippen LogP contribution is -2.39. The third-order valence-electron chi connectivity index (χ3n) is 2.22. The second kappa shape index (κ2) is 6.30. The zero-order valence-electron chi connectivity index (χ0n) is 10.4. The van der Waals surface area contributed by atoms with Gasteiger partial charge in [0, 0.05) is 17.7 Å². The molecule has 0 aliphatic carbocycles. The molecule has 1 aromatic carbocycles. The Hall–Kier alpha value is -2.20. The SMILES string of the molecule is COC(=O)NS(=O)(=O)NCc1ccc(C(=N)N)cc1F. The largest absolute Gasteiger partial charge is 0.452 e. The molecule has 0 fully saturated rings. The van der Waals surface area contributed by atoms with Gasteiger partial charge in [-0.15, -0.1) is 0 Å². The zero-order valence-corrected chi connectivity index (χ0v) is 11.3. The van der Waals surface area contributed by atoms with E-state index in [0.717, 1.165) is 13.2 Å². The number of halogens is 1. The number of hydrogen-bond acceptors (Lipinski definition) is 5. The van der Waals surface area contributed by atoms with Crippen molar-refractivity contribution < 1.29 is 22.3 Å². The molecule has 0 aliphatic heterocycles. The van der Waals surface area contributed by atoms with Crippen molar-refractivity contribution in [3.63, 3.8) is 0 Å². The molecule has 10 heteroatoms. The summed E-state index contributed by atoms with van der Waals surface area (Å²) in [5.41, 5.74) is 5.40. The maximum Gasteiger partial charge on any atom is 0.421 e. The average molecular weight is 304 g/mol. The number of carbonyl (C=O) groups excluding carboxylic acids is 1. The molecular formula is C10H13FN4O4S.